The number of guanidine groups is 1. The van der Waals surface area contributed by atoms with E-state index in [1.54, 1.807) is 0 Å². The SMILES string of the molecule is CCNC(=NCC(=O)NC1CC1)N1CCN(c2ccc(F)cc2)CC1.I. The summed E-state index contributed by atoms with van der Waals surface area (Å²) in [6, 6.07) is 6.97. The Hall–Kier alpha value is -1.58. The zero-order valence-corrected chi connectivity index (χ0v) is 17.4. The zero-order chi connectivity index (χ0) is 17.6. The first kappa shape index (κ1) is 20.7. The molecule has 8 heteroatoms. The van der Waals surface area contributed by atoms with Crippen LogP contribution in [0.5, 0.6) is 0 Å². The Morgan fingerprint density at radius 1 is 1.19 bits per heavy atom. The minimum absolute atomic E-state index is 0. The van der Waals surface area contributed by atoms with Gasteiger partial charge in [-0.2, -0.15) is 0 Å². The highest BCUT2D eigenvalue weighted by Crippen LogP contribution is 2.18. The van der Waals surface area contributed by atoms with Gasteiger partial charge in [-0.05, 0) is 44.0 Å². The van der Waals surface area contributed by atoms with Crippen molar-refractivity contribution in [3.63, 3.8) is 0 Å². The molecule has 1 heterocycles. The van der Waals surface area contributed by atoms with E-state index < -0.39 is 0 Å². The van der Waals surface area contributed by atoms with Crippen molar-refractivity contribution in [3.8, 4) is 0 Å². The van der Waals surface area contributed by atoms with Crippen molar-refractivity contribution < 1.29 is 9.18 Å². The number of nitrogens with one attached hydrogen (secondary N) is 2. The van der Waals surface area contributed by atoms with E-state index >= 15 is 0 Å². The molecular weight excluding hydrogens is 448 g/mol. The Balaban J connectivity index is 0.00000243. The molecule has 0 radical (unpaired) electrons. The van der Waals surface area contributed by atoms with Gasteiger partial charge >= 0.3 is 0 Å². The molecule has 0 atom stereocenters. The van der Waals surface area contributed by atoms with E-state index in [1.165, 1.54) is 12.1 Å². The van der Waals surface area contributed by atoms with Gasteiger partial charge in [-0.25, -0.2) is 9.38 Å². The van der Waals surface area contributed by atoms with Gasteiger partial charge in [0.15, 0.2) is 5.96 Å². The van der Waals surface area contributed by atoms with Gasteiger partial charge in [0.05, 0.1) is 0 Å². The van der Waals surface area contributed by atoms with Crippen molar-refractivity contribution in [1.29, 1.82) is 0 Å². The molecule has 1 saturated carbocycles. The van der Waals surface area contributed by atoms with Crippen molar-refractivity contribution in [3.05, 3.63) is 30.1 Å². The average Bonchev–Trinajstić information content (AvgIpc) is 3.43. The largest absolute Gasteiger partial charge is 0.368 e. The van der Waals surface area contributed by atoms with E-state index in [0.717, 1.165) is 57.2 Å². The van der Waals surface area contributed by atoms with Gasteiger partial charge in [-0.3, -0.25) is 4.79 Å². The number of piperazine rings is 1. The van der Waals surface area contributed by atoms with Crippen LogP contribution >= 0.6 is 24.0 Å². The second-order valence-corrected chi connectivity index (χ2v) is 6.46. The third-order valence-electron chi connectivity index (χ3n) is 4.42. The molecule has 2 fully saturated rings. The molecule has 26 heavy (non-hydrogen) atoms. The number of amides is 1. The Morgan fingerprint density at radius 3 is 2.42 bits per heavy atom. The molecule has 1 aliphatic heterocycles. The van der Waals surface area contributed by atoms with Crippen LogP contribution in [0.1, 0.15) is 19.8 Å². The first-order chi connectivity index (χ1) is 12.2. The summed E-state index contributed by atoms with van der Waals surface area (Å²) >= 11 is 0. The van der Waals surface area contributed by atoms with E-state index in [0.29, 0.717) is 6.04 Å². The lowest BCUT2D eigenvalue weighted by Gasteiger charge is -2.37. The fraction of sp³-hybridized carbons (Fsp3) is 0.556. The molecular formula is C18H27FIN5O. The van der Waals surface area contributed by atoms with Crippen molar-refractivity contribution in [2.24, 2.45) is 4.99 Å². The lowest BCUT2D eigenvalue weighted by atomic mass is 10.2. The van der Waals surface area contributed by atoms with Gasteiger partial charge in [-0.15, -0.1) is 24.0 Å². The molecule has 0 spiro atoms. The highest BCUT2D eigenvalue weighted by molar-refractivity contribution is 14.0. The maximum absolute atomic E-state index is 13.1. The third-order valence-corrected chi connectivity index (χ3v) is 4.42. The summed E-state index contributed by atoms with van der Waals surface area (Å²) in [7, 11) is 0. The van der Waals surface area contributed by atoms with Crippen LogP contribution in [-0.4, -0.2) is 62.1 Å². The fourth-order valence-electron chi connectivity index (χ4n) is 2.90. The molecule has 0 aromatic heterocycles. The molecule has 1 saturated heterocycles. The van der Waals surface area contributed by atoms with E-state index in [1.807, 2.05) is 19.1 Å². The topological polar surface area (TPSA) is 60.0 Å². The fourth-order valence-corrected chi connectivity index (χ4v) is 2.90. The first-order valence-corrected chi connectivity index (χ1v) is 8.99. The number of halogens is 2. The van der Waals surface area contributed by atoms with Gasteiger partial charge < -0.3 is 20.4 Å². The first-order valence-electron chi connectivity index (χ1n) is 8.99. The monoisotopic (exact) mass is 475 g/mol. The predicted octanol–water partition coefficient (Wildman–Crippen LogP) is 1.81. The number of nitrogens with zero attached hydrogens (tertiary/aromatic N) is 3. The molecule has 144 valence electrons. The molecule has 6 nitrogen and oxygen atoms in total. The summed E-state index contributed by atoms with van der Waals surface area (Å²) < 4.78 is 13.1. The number of aliphatic imine (C=N–C) groups is 1. The van der Waals surface area contributed by atoms with Gasteiger partial charge in [0, 0.05) is 44.5 Å². The van der Waals surface area contributed by atoms with Crippen LogP contribution in [0.2, 0.25) is 0 Å². The smallest absolute Gasteiger partial charge is 0.242 e. The summed E-state index contributed by atoms with van der Waals surface area (Å²) in [5.74, 6) is 0.559. The number of carbonyl (C=O) groups is 1. The number of hydrogen-bond donors (Lipinski definition) is 2. The van der Waals surface area contributed by atoms with E-state index in [4.69, 9.17) is 0 Å². The minimum atomic E-state index is -0.214. The molecule has 0 bridgehead atoms. The van der Waals surface area contributed by atoms with Crippen LogP contribution < -0.4 is 15.5 Å². The van der Waals surface area contributed by atoms with E-state index in [9.17, 15) is 9.18 Å². The lowest BCUT2D eigenvalue weighted by molar-refractivity contribution is -0.119. The second kappa shape index (κ2) is 9.94. The number of benzene rings is 1. The van der Waals surface area contributed by atoms with Crippen LogP contribution in [0.4, 0.5) is 10.1 Å². The minimum Gasteiger partial charge on any atom is -0.368 e. The molecule has 1 aliphatic carbocycles. The summed E-state index contributed by atoms with van der Waals surface area (Å²) in [5.41, 5.74) is 1.03. The molecule has 1 aromatic rings. The summed E-state index contributed by atoms with van der Waals surface area (Å²) in [5, 5.41) is 6.22. The number of rotatable bonds is 5. The normalized spacial score (nSPS) is 17.5. The highest BCUT2D eigenvalue weighted by atomic mass is 127. The molecule has 1 aromatic carbocycles. The summed E-state index contributed by atoms with van der Waals surface area (Å²) in [6.45, 7) is 6.25. The van der Waals surface area contributed by atoms with E-state index in [-0.39, 0.29) is 42.2 Å². The van der Waals surface area contributed by atoms with Crippen molar-refractivity contribution in [1.82, 2.24) is 15.5 Å². The Kier molecular flexibility index (Phi) is 7.92. The summed E-state index contributed by atoms with van der Waals surface area (Å²) in [6.07, 6.45) is 2.17. The van der Waals surface area contributed by atoms with Crippen molar-refractivity contribution >= 4 is 41.5 Å². The zero-order valence-electron chi connectivity index (χ0n) is 15.1. The van der Waals surface area contributed by atoms with Gasteiger partial charge in [-0.1, -0.05) is 0 Å². The van der Waals surface area contributed by atoms with Crippen LogP contribution in [0.15, 0.2) is 29.3 Å². The van der Waals surface area contributed by atoms with Gasteiger partial charge in [0.1, 0.15) is 12.4 Å². The molecule has 0 unspecified atom stereocenters. The molecule has 1 amide bonds. The van der Waals surface area contributed by atoms with Crippen LogP contribution in [0.3, 0.4) is 0 Å². The molecule has 3 rings (SSSR count). The predicted molar refractivity (Wildman–Crippen MR) is 113 cm³/mol. The number of anilines is 1. The van der Waals surface area contributed by atoms with Gasteiger partial charge in [0.2, 0.25) is 5.91 Å². The number of hydrogen-bond acceptors (Lipinski definition) is 3. The number of carbonyl (C=O) groups excluding carboxylic acids is 1. The maximum atomic E-state index is 13.1. The van der Waals surface area contributed by atoms with E-state index in [2.05, 4.69) is 25.4 Å². The lowest BCUT2D eigenvalue weighted by Crippen LogP contribution is -2.52. The molecule has 2 N–H and O–H groups in total. The van der Waals surface area contributed by atoms with Crippen molar-refractivity contribution in [2.45, 2.75) is 25.8 Å². The Labute approximate surface area is 171 Å². The Morgan fingerprint density at radius 2 is 1.85 bits per heavy atom. The third kappa shape index (κ3) is 6.00. The van der Waals surface area contributed by atoms with Gasteiger partial charge in [0.25, 0.3) is 0 Å². The quantitative estimate of drug-likeness (QED) is 0.388. The Bertz CT molecular complexity index is 613. The standard InChI is InChI=1S/C18H26FN5O.HI/c1-2-20-18(21-13-17(25)22-15-5-6-15)24-11-9-23(10-12-24)16-7-3-14(19)4-8-16;/h3-4,7-8,15H,2,5-6,9-13H2,1H3,(H,20,21)(H,22,25);1H. The average molecular weight is 475 g/mol. The summed E-state index contributed by atoms with van der Waals surface area (Å²) in [4.78, 5) is 20.7. The highest BCUT2D eigenvalue weighted by Gasteiger charge is 2.23. The van der Waals surface area contributed by atoms with Crippen LogP contribution in [-0.2, 0) is 4.79 Å². The molecule has 2 aliphatic rings. The maximum Gasteiger partial charge on any atom is 0.242 e. The van der Waals surface area contributed by atoms with Crippen molar-refractivity contribution in [2.75, 3.05) is 44.2 Å². The second-order valence-electron chi connectivity index (χ2n) is 6.46. The van der Waals surface area contributed by atoms with Crippen LogP contribution in [0.25, 0.3) is 0 Å². The van der Waals surface area contributed by atoms with Crippen LogP contribution in [0, 0.1) is 5.82 Å².